The summed E-state index contributed by atoms with van der Waals surface area (Å²) < 4.78 is 0. The topological polar surface area (TPSA) is 3.24 Å². The molecular weight excluding hydrogens is 567 g/mol. The summed E-state index contributed by atoms with van der Waals surface area (Å²) in [6, 6.07) is 56.2. The molecule has 0 unspecified atom stereocenters. The zero-order valence-electron chi connectivity index (χ0n) is 27.4. The molecule has 0 aliphatic heterocycles. The van der Waals surface area contributed by atoms with Gasteiger partial charge in [-0.05, 0) is 109 Å². The van der Waals surface area contributed by atoms with E-state index in [-0.39, 0.29) is 10.8 Å². The number of rotatable bonds is 4. The molecule has 0 saturated carbocycles. The predicted octanol–water partition coefficient (Wildman–Crippen LogP) is 12.6. The van der Waals surface area contributed by atoms with Crippen LogP contribution in [0.5, 0.6) is 0 Å². The summed E-state index contributed by atoms with van der Waals surface area (Å²) in [5.41, 5.74) is 16.8. The van der Waals surface area contributed by atoms with Crippen LogP contribution in [0.25, 0.3) is 44.2 Å². The molecule has 2 aliphatic carbocycles. The maximum atomic E-state index is 2.45. The molecule has 1 nitrogen and oxygen atoms in total. The summed E-state index contributed by atoms with van der Waals surface area (Å²) in [5, 5.41) is 2.63. The first kappa shape index (κ1) is 27.9. The van der Waals surface area contributed by atoms with E-state index in [9.17, 15) is 0 Å². The van der Waals surface area contributed by atoms with Gasteiger partial charge in [-0.25, -0.2) is 0 Å². The van der Waals surface area contributed by atoms with Crippen molar-refractivity contribution in [3.05, 3.63) is 174 Å². The molecule has 1 heteroatoms. The van der Waals surface area contributed by atoms with Gasteiger partial charge < -0.3 is 4.90 Å². The summed E-state index contributed by atoms with van der Waals surface area (Å²) in [6.45, 7) is 9.51. The molecular formula is C46H37N. The average molecular weight is 604 g/mol. The van der Waals surface area contributed by atoms with Crippen molar-refractivity contribution in [2.45, 2.75) is 38.5 Å². The van der Waals surface area contributed by atoms with Crippen molar-refractivity contribution in [3.8, 4) is 33.4 Å². The molecule has 7 aromatic carbocycles. The number of nitrogens with zero attached hydrogens (tertiary/aromatic N) is 1. The fraction of sp³-hybridized carbons (Fsp3) is 0.130. The molecule has 0 radical (unpaired) electrons. The second-order valence-corrected chi connectivity index (χ2v) is 14.2. The molecule has 0 amide bonds. The first-order valence-corrected chi connectivity index (χ1v) is 16.7. The van der Waals surface area contributed by atoms with Gasteiger partial charge in [0.15, 0.2) is 0 Å². The number of para-hydroxylation sites is 1. The van der Waals surface area contributed by atoms with E-state index in [0.717, 1.165) is 5.69 Å². The number of hydrogen-bond donors (Lipinski definition) is 0. The summed E-state index contributed by atoms with van der Waals surface area (Å²) in [4.78, 5) is 2.44. The van der Waals surface area contributed by atoms with Gasteiger partial charge in [0.2, 0.25) is 0 Å². The third kappa shape index (κ3) is 4.02. The van der Waals surface area contributed by atoms with Gasteiger partial charge in [0.25, 0.3) is 0 Å². The Labute approximate surface area is 277 Å². The summed E-state index contributed by atoms with van der Waals surface area (Å²) in [6.07, 6.45) is 0. The van der Waals surface area contributed by atoms with Crippen molar-refractivity contribution in [3.63, 3.8) is 0 Å². The van der Waals surface area contributed by atoms with Crippen molar-refractivity contribution >= 4 is 27.8 Å². The van der Waals surface area contributed by atoms with Crippen LogP contribution in [0.2, 0.25) is 0 Å². The Morgan fingerprint density at radius 3 is 1.83 bits per heavy atom. The van der Waals surface area contributed by atoms with E-state index in [1.165, 1.54) is 77.8 Å². The van der Waals surface area contributed by atoms with Gasteiger partial charge in [-0.1, -0.05) is 137 Å². The number of anilines is 3. The van der Waals surface area contributed by atoms with Crippen LogP contribution in [-0.2, 0) is 10.8 Å². The summed E-state index contributed by atoms with van der Waals surface area (Å²) in [7, 11) is 0. The predicted molar refractivity (Wildman–Crippen MR) is 199 cm³/mol. The molecule has 0 atom stereocenters. The highest BCUT2D eigenvalue weighted by Crippen LogP contribution is 2.56. The first-order valence-electron chi connectivity index (χ1n) is 16.7. The van der Waals surface area contributed by atoms with E-state index in [2.05, 4.69) is 184 Å². The van der Waals surface area contributed by atoms with Gasteiger partial charge >= 0.3 is 0 Å². The lowest BCUT2D eigenvalue weighted by molar-refractivity contribution is 0.660. The van der Waals surface area contributed by atoms with Crippen molar-refractivity contribution in [1.82, 2.24) is 0 Å². The third-order valence-corrected chi connectivity index (χ3v) is 10.8. The highest BCUT2D eigenvalue weighted by atomic mass is 15.1. The summed E-state index contributed by atoms with van der Waals surface area (Å²) in [5.74, 6) is 0. The highest BCUT2D eigenvalue weighted by molar-refractivity contribution is 6.05. The minimum Gasteiger partial charge on any atom is -0.310 e. The van der Waals surface area contributed by atoms with E-state index in [1.54, 1.807) is 0 Å². The van der Waals surface area contributed by atoms with Crippen molar-refractivity contribution in [1.29, 1.82) is 0 Å². The van der Waals surface area contributed by atoms with Crippen LogP contribution >= 0.6 is 0 Å². The Bertz CT molecular complexity index is 2340. The van der Waals surface area contributed by atoms with Crippen LogP contribution in [0.1, 0.15) is 49.9 Å². The molecule has 0 N–H and O–H groups in total. The van der Waals surface area contributed by atoms with E-state index in [1.807, 2.05) is 0 Å². The molecule has 0 bridgehead atoms. The van der Waals surface area contributed by atoms with Gasteiger partial charge in [0.05, 0.1) is 0 Å². The second-order valence-electron chi connectivity index (χ2n) is 14.2. The van der Waals surface area contributed by atoms with Crippen molar-refractivity contribution in [2.24, 2.45) is 0 Å². The largest absolute Gasteiger partial charge is 0.310 e. The fourth-order valence-electron chi connectivity index (χ4n) is 8.54. The second kappa shape index (κ2) is 10.0. The SMILES string of the molecule is CC1(C)c2ccccc2-c2ccc(N(c3ccccc3)c3ccc4c(c3)-c3c(-c5ccccc5)cc5ccccc5c3C4(C)C)cc21. The number of benzene rings is 7. The van der Waals surface area contributed by atoms with Crippen molar-refractivity contribution < 1.29 is 0 Å². The zero-order chi connectivity index (χ0) is 31.9. The minimum absolute atomic E-state index is 0.0726. The Kier molecular flexibility index (Phi) is 5.96. The number of hydrogen-bond acceptors (Lipinski definition) is 1. The molecule has 0 heterocycles. The monoisotopic (exact) mass is 603 g/mol. The van der Waals surface area contributed by atoms with Gasteiger partial charge in [0, 0.05) is 27.9 Å². The molecule has 9 rings (SSSR count). The molecule has 0 aromatic heterocycles. The van der Waals surface area contributed by atoms with E-state index < -0.39 is 0 Å². The van der Waals surface area contributed by atoms with Gasteiger partial charge in [-0.2, -0.15) is 0 Å². The third-order valence-electron chi connectivity index (χ3n) is 10.8. The fourth-order valence-corrected chi connectivity index (χ4v) is 8.54. The zero-order valence-corrected chi connectivity index (χ0v) is 27.4. The molecule has 0 spiro atoms. The molecule has 47 heavy (non-hydrogen) atoms. The average Bonchev–Trinajstić information content (AvgIpc) is 3.48. The molecule has 0 fully saturated rings. The van der Waals surface area contributed by atoms with Gasteiger partial charge in [-0.15, -0.1) is 0 Å². The Hall–Kier alpha value is -5.40. The number of fused-ring (bicyclic) bond motifs is 8. The first-order chi connectivity index (χ1) is 22.8. The molecule has 2 aliphatic rings. The maximum Gasteiger partial charge on any atom is 0.0468 e. The standard InChI is InChI=1S/C46H37N/c1-45(2)40-22-14-13-21-36(40)37-25-23-34(29-42(37)45)47(32-18-9-6-10-19-32)33-24-26-41-39(28-33)43-38(30-15-7-5-8-16-30)27-31-17-11-12-20-35(31)44(43)46(41,3)4/h5-29H,1-4H3. The van der Waals surface area contributed by atoms with E-state index in [0.29, 0.717) is 0 Å². The summed E-state index contributed by atoms with van der Waals surface area (Å²) >= 11 is 0. The lowest BCUT2D eigenvalue weighted by Crippen LogP contribution is -2.17. The van der Waals surface area contributed by atoms with Gasteiger partial charge in [-0.3, -0.25) is 0 Å². The van der Waals surface area contributed by atoms with Crippen molar-refractivity contribution in [2.75, 3.05) is 4.90 Å². The normalized spacial score (nSPS) is 14.7. The maximum absolute atomic E-state index is 2.45. The van der Waals surface area contributed by atoms with Gasteiger partial charge in [0.1, 0.15) is 0 Å². The Morgan fingerprint density at radius 2 is 1.02 bits per heavy atom. The minimum atomic E-state index is -0.144. The Balaban J connectivity index is 1.29. The quantitative estimate of drug-likeness (QED) is 0.193. The molecule has 7 aromatic rings. The van der Waals surface area contributed by atoms with Crippen LogP contribution in [0.15, 0.2) is 152 Å². The highest BCUT2D eigenvalue weighted by Gasteiger charge is 2.40. The van der Waals surface area contributed by atoms with E-state index >= 15 is 0 Å². The van der Waals surface area contributed by atoms with Crippen LogP contribution in [0.3, 0.4) is 0 Å². The smallest absolute Gasteiger partial charge is 0.0468 e. The van der Waals surface area contributed by atoms with Crippen LogP contribution in [0, 0.1) is 0 Å². The van der Waals surface area contributed by atoms with Crippen LogP contribution < -0.4 is 4.90 Å². The molecule has 0 saturated heterocycles. The lowest BCUT2D eigenvalue weighted by atomic mass is 9.79. The lowest BCUT2D eigenvalue weighted by Gasteiger charge is -2.29. The van der Waals surface area contributed by atoms with Crippen LogP contribution in [-0.4, -0.2) is 0 Å². The molecule has 226 valence electrons. The van der Waals surface area contributed by atoms with Crippen LogP contribution in [0.4, 0.5) is 17.1 Å². The van der Waals surface area contributed by atoms with E-state index in [4.69, 9.17) is 0 Å². The Morgan fingerprint density at radius 1 is 0.404 bits per heavy atom.